The van der Waals surface area contributed by atoms with E-state index in [9.17, 15) is 30.3 Å². The molecule has 0 aromatic carbocycles. The van der Waals surface area contributed by atoms with Crippen molar-refractivity contribution in [1.82, 2.24) is 5.32 Å². The lowest BCUT2D eigenvalue weighted by Gasteiger charge is -2.46. The second kappa shape index (κ2) is 14.3. The van der Waals surface area contributed by atoms with E-state index in [4.69, 9.17) is 31.1 Å². The Balaban J connectivity index is 2.37. The highest BCUT2D eigenvalue weighted by Gasteiger charge is 2.50. The van der Waals surface area contributed by atoms with Gasteiger partial charge in [0, 0.05) is 19.3 Å². The molecule has 2 heterocycles. The normalized spacial score (nSPS) is 37.3. The van der Waals surface area contributed by atoms with Gasteiger partial charge in [-0.2, -0.15) is 0 Å². The summed E-state index contributed by atoms with van der Waals surface area (Å²) in [5.41, 5.74) is 11.3. The van der Waals surface area contributed by atoms with Crippen LogP contribution in [0.3, 0.4) is 0 Å². The maximum Gasteiger partial charge on any atom is 0.228 e. The summed E-state index contributed by atoms with van der Waals surface area (Å²) in [5.74, 6) is -4.09. The summed E-state index contributed by atoms with van der Waals surface area (Å²) in [6, 6.07) is -1.02. The van der Waals surface area contributed by atoms with E-state index in [1.807, 2.05) is 19.9 Å². The number of aliphatic hydroxyl groups is 5. The Bertz CT molecular complexity index is 844. The highest BCUT2D eigenvalue weighted by Crippen LogP contribution is 2.38. The molecule has 0 spiro atoms. The summed E-state index contributed by atoms with van der Waals surface area (Å²) in [7, 11) is 0. The highest BCUT2D eigenvalue weighted by atomic mass is 16.7. The molecule has 2 rings (SSSR count). The van der Waals surface area contributed by atoms with Crippen LogP contribution in [0, 0.1) is 23.2 Å². The molecule has 2 aliphatic heterocycles. The lowest BCUT2D eigenvalue weighted by molar-refractivity contribution is -0.307. The predicted octanol–water partition coefficient (Wildman–Crippen LogP) is -1.32. The summed E-state index contributed by atoms with van der Waals surface area (Å²) in [6.07, 6.45) is -5.63. The van der Waals surface area contributed by atoms with Gasteiger partial charge in [0.15, 0.2) is 12.1 Å². The number of aliphatic hydroxyl groups excluding tert-OH is 4. The summed E-state index contributed by atoms with van der Waals surface area (Å²) in [4.78, 5) is 13.1. The fraction of sp³-hybridized carbons (Fsp3) is 0.846. The first-order valence-electron chi connectivity index (χ1n) is 13.5. The van der Waals surface area contributed by atoms with Crippen LogP contribution in [0.15, 0.2) is 12.2 Å². The topological polar surface area (TPSA) is 234 Å². The van der Waals surface area contributed by atoms with Crippen molar-refractivity contribution in [3.63, 3.8) is 0 Å². The minimum atomic E-state index is -1.93. The minimum Gasteiger partial charge on any atom is -0.393 e. The third-order valence-electron chi connectivity index (χ3n) is 7.15. The van der Waals surface area contributed by atoms with Crippen LogP contribution in [0.25, 0.3) is 0 Å². The van der Waals surface area contributed by atoms with Crippen molar-refractivity contribution in [2.75, 3.05) is 6.54 Å². The molecular formula is C26H48N4O9. The van der Waals surface area contributed by atoms with Gasteiger partial charge >= 0.3 is 0 Å². The number of carbonyl (C=O) groups is 1. The van der Waals surface area contributed by atoms with E-state index in [-0.39, 0.29) is 43.5 Å². The van der Waals surface area contributed by atoms with E-state index < -0.39 is 72.7 Å². The van der Waals surface area contributed by atoms with Crippen LogP contribution in [0.2, 0.25) is 0 Å². The Labute approximate surface area is 230 Å². The smallest absolute Gasteiger partial charge is 0.228 e. The van der Waals surface area contributed by atoms with Gasteiger partial charge in [0.05, 0.1) is 55.1 Å². The monoisotopic (exact) mass is 560 g/mol. The Morgan fingerprint density at radius 1 is 1.21 bits per heavy atom. The Kier molecular flexibility index (Phi) is 12.3. The van der Waals surface area contributed by atoms with E-state index >= 15 is 0 Å². The van der Waals surface area contributed by atoms with E-state index in [1.54, 1.807) is 26.8 Å². The predicted molar refractivity (Wildman–Crippen MR) is 142 cm³/mol. The van der Waals surface area contributed by atoms with Crippen molar-refractivity contribution < 1.29 is 44.5 Å². The molecule has 5 unspecified atom stereocenters. The number of nitrogens with one attached hydrogen (secondary N) is 2. The van der Waals surface area contributed by atoms with Gasteiger partial charge in [-0.15, -0.1) is 0 Å². The molecule has 0 saturated carbocycles. The van der Waals surface area contributed by atoms with Gasteiger partial charge < -0.3 is 56.5 Å². The van der Waals surface area contributed by atoms with Gasteiger partial charge in [-0.25, -0.2) is 0 Å². The number of amides is 1. The van der Waals surface area contributed by atoms with Crippen LogP contribution >= 0.6 is 0 Å². The van der Waals surface area contributed by atoms with Gasteiger partial charge in [0.25, 0.3) is 0 Å². The molecular weight excluding hydrogens is 512 g/mol. The number of allylic oxidation sites excluding steroid dienone is 1. The number of nitrogens with two attached hydrogens (primary N) is 2. The Morgan fingerprint density at radius 2 is 1.85 bits per heavy atom. The van der Waals surface area contributed by atoms with Crippen molar-refractivity contribution in [2.45, 2.75) is 115 Å². The molecule has 11 atom stereocenters. The molecule has 2 fully saturated rings. The molecule has 13 nitrogen and oxygen atoms in total. The van der Waals surface area contributed by atoms with Gasteiger partial charge in [-0.05, 0) is 18.8 Å². The zero-order chi connectivity index (χ0) is 29.7. The van der Waals surface area contributed by atoms with Crippen LogP contribution in [0.5, 0.6) is 0 Å². The van der Waals surface area contributed by atoms with Crippen LogP contribution in [0.1, 0.15) is 53.9 Å². The summed E-state index contributed by atoms with van der Waals surface area (Å²) < 4.78 is 17.8. The number of hydrogen-bond donors (Lipinski definition) is 9. The van der Waals surface area contributed by atoms with E-state index in [2.05, 4.69) is 5.32 Å². The van der Waals surface area contributed by atoms with Crippen LogP contribution in [0.4, 0.5) is 0 Å². The van der Waals surface area contributed by atoms with Crippen LogP contribution in [-0.4, -0.2) is 105 Å². The van der Waals surface area contributed by atoms with Crippen molar-refractivity contribution in [1.29, 1.82) is 5.41 Å². The summed E-state index contributed by atoms with van der Waals surface area (Å²) in [6.45, 7) is 8.81. The van der Waals surface area contributed by atoms with Gasteiger partial charge in [0.2, 0.25) is 5.91 Å². The molecule has 11 N–H and O–H groups in total. The molecule has 0 aliphatic carbocycles. The average Bonchev–Trinajstić information content (AvgIpc) is 2.82. The molecule has 1 amide bonds. The largest absolute Gasteiger partial charge is 0.393 e. The van der Waals surface area contributed by atoms with Crippen LogP contribution in [-0.2, 0) is 19.0 Å². The first kappa shape index (κ1) is 33.5. The first-order valence-corrected chi connectivity index (χ1v) is 13.5. The highest BCUT2D eigenvalue weighted by molar-refractivity contribution is 5.86. The van der Waals surface area contributed by atoms with Crippen molar-refractivity contribution in [2.24, 2.45) is 29.2 Å². The number of carbonyl (C=O) groups excluding carboxylic acids is 1. The molecule has 13 heteroatoms. The molecule has 2 aliphatic rings. The SMILES string of the molecule is CC(C)/C=C/[C@@H](C[C@@H]1O[C@](O)(C[C@@H](O)C(C)C)C[C@H](O)[C@H]1C(=O)NCC(=N)N)OC1OC(C)C(O)C(N)C1O. The molecule has 226 valence electrons. The summed E-state index contributed by atoms with van der Waals surface area (Å²) in [5, 5.41) is 63.3. The molecule has 0 bridgehead atoms. The Morgan fingerprint density at radius 3 is 2.41 bits per heavy atom. The van der Waals surface area contributed by atoms with Gasteiger partial charge in [-0.3, -0.25) is 10.2 Å². The molecule has 0 aromatic rings. The van der Waals surface area contributed by atoms with Crippen molar-refractivity contribution >= 4 is 11.7 Å². The fourth-order valence-electron chi connectivity index (χ4n) is 4.75. The van der Waals surface area contributed by atoms with E-state index in [0.29, 0.717) is 0 Å². The van der Waals surface area contributed by atoms with Gasteiger partial charge in [0.1, 0.15) is 11.9 Å². The third kappa shape index (κ3) is 9.44. The number of ether oxygens (including phenoxy) is 3. The van der Waals surface area contributed by atoms with E-state index in [1.165, 1.54) is 0 Å². The zero-order valence-electron chi connectivity index (χ0n) is 23.4. The lowest BCUT2D eigenvalue weighted by atomic mass is 9.81. The first-order chi connectivity index (χ1) is 18.0. The average molecular weight is 561 g/mol. The maximum atomic E-state index is 13.1. The molecule has 0 radical (unpaired) electrons. The quantitative estimate of drug-likeness (QED) is 0.0771. The lowest BCUT2D eigenvalue weighted by Crippen LogP contribution is -2.62. The summed E-state index contributed by atoms with van der Waals surface area (Å²) >= 11 is 0. The number of rotatable bonds is 12. The second-order valence-electron chi connectivity index (χ2n) is 11.5. The van der Waals surface area contributed by atoms with Crippen molar-refractivity contribution in [3.05, 3.63) is 12.2 Å². The minimum absolute atomic E-state index is 0.0583. The zero-order valence-corrected chi connectivity index (χ0v) is 23.4. The van der Waals surface area contributed by atoms with Crippen LogP contribution < -0.4 is 16.8 Å². The number of hydrogen-bond acceptors (Lipinski definition) is 11. The molecule has 0 aromatic heterocycles. The van der Waals surface area contributed by atoms with E-state index in [0.717, 1.165) is 0 Å². The molecule has 39 heavy (non-hydrogen) atoms. The van der Waals surface area contributed by atoms with Gasteiger partial charge in [-0.1, -0.05) is 39.8 Å². The molecule has 2 saturated heterocycles. The Hall–Kier alpha value is -1.68. The third-order valence-corrected chi connectivity index (χ3v) is 7.15. The second-order valence-corrected chi connectivity index (χ2v) is 11.5. The standard InChI is InChI=1S/C26H48N4O9/c1-12(2)6-7-15(38-25-23(34)21(29)22(33)14(5)37-25)8-18-20(24(35)30-11-19(27)28)17(32)10-26(36,39-18)9-16(31)13(3)4/h6-7,12-18,20-23,25,31-34,36H,8-11,29H2,1-5H3,(H3,27,28)(H,30,35)/b7-6+/t14?,15-,16+,17-,18-,20+,21?,22?,23?,25?,26+/m0/s1. The number of amidine groups is 1. The maximum absolute atomic E-state index is 13.1. The van der Waals surface area contributed by atoms with Crippen molar-refractivity contribution in [3.8, 4) is 0 Å². The fourth-order valence-corrected chi connectivity index (χ4v) is 4.75.